The zero-order chi connectivity index (χ0) is 20.1. The van der Waals surface area contributed by atoms with Crippen molar-refractivity contribution in [1.29, 1.82) is 0 Å². The highest BCUT2D eigenvalue weighted by atomic mass is 32.1. The van der Waals surface area contributed by atoms with Gasteiger partial charge in [0.2, 0.25) is 5.91 Å². The van der Waals surface area contributed by atoms with E-state index in [9.17, 15) is 13.6 Å². The summed E-state index contributed by atoms with van der Waals surface area (Å²) in [7, 11) is 1.85. The number of nitrogens with one attached hydrogen (secondary N) is 3. The van der Waals surface area contributed by atoms with Crippen molar-refractivity contribution in [3.05, 3.63) is 54.4 Å². The van der Waals surface area contributed by atoms with Crippen molar-refractivity contribution in [3.8, 4) is 5.75 Å². The summed E-state index contributed by atoms with van der Waals surface area (Å²) in [6.45, 7) is -2.88. The van der Waals surface area contributed by atoms with Crippen molar-refractivity contribution in [2.75, 3.05) is 5.32 Å². The summed E-state index contributed by atoms with van der Waals surface area (Å²) in [4.78, 5) is 16.6. The fourth-order valence-electron chi connectivity index (χ4n) is 2.55. The van der Waals surface area contributed by atoms with Crippen LogP contribution in [0.5, 0.6) is 5.75 Å². The van der Waals surface area contributed by atoms with Gasteiger partial charge >= 0.3 is 6.61 Å². The van der Waals surface area contributed by atoms with Crippen molar-refractivity contribution < 1.29 is 18.3 Å². The molecule has 28 heavy (non-hydrogen) atoms. The van der Waals surface area contributed by atoms with Crippen molar-refractivity contribution >= 4 is 40.0 Å². The van der Waals surface area contributed by atoms with Crippen LogP contribution in [0.15, 0.2) is 48.5 Å². The molecule has 0 atom stereocenters. The number of fused-ring (bicyclic) bond motifs is 1. The lowest BCUT2D eigenvalue weighted by Crippen LogP contribution is -2.44. The number of ether oxygens (including phenoxy) is 1. The van der Waals surface area contributed by atoms with E-state index in [1.807, 2.05) is 35.9 Å². The molecular weight excluding hydrogens is 388 g/mol. The van der Waals surface area contributed by atoms with Gasteiger partial charge in [-0.25, -0.2) is 4.98 Å². The molecule has 0 spiro atoms. The minimum atomic E-state index is -2.88. The van der Waals surface area contributed by atoms with Crippen molar-refractivity contribution in [2.24, 2.45) is 7.05 Å². The largest absolute Gasteiger partial charge is 0.435 e. The molecule has 3 N–H and O–H groups in total. The van der Waals surface area contributed by atoms with E-state index >= 15 is 0 Å². The third-order valence-electron chi connectivity index (χ3n) is 3.85. The predicted octanol–water partition coefficient (Wildman–Crippen LogP) is 2.74. The number of alkyl halides is 2. The van der Waals surface area contributed by atoms with E-state index < -0.39 is 6.61 Å². The topological polar surface area (TPSA) is 80.2 Å². The minimum absolute atomic E-state index is 0.0372. The summed E-state index contributed by atoms with van der Waals surface area (Å²) in [5.41, 5.74) is 7.38. The molecule has 1 heterocycles. The van der Waals surface area contributed by atoms with Gasteiger partial charge in [0.25, 0.3) is 0 Å². The zero-order valence-corrected chi connectivity index (χ0v) is 15.6. The summed E-state index contributed by atoms with van der Waals surface area (Å²) < 4.78 is 30.4. The maximum absolute atomic E-state index is 12.1. The molecule has 0 bridgehead atoms. The van der Waals surface area contributed by atoms with Crippen LogP contribution in [-0.2, 0) is 18.3 Å². The number of aromatic nitrogens is 2. The molecule has 0 aliphatic rings. The lowest BCUT2D eigenvalue weighted by atomic mass is 10.3. The lowest BCUT2D eigenvalue weighted by molar-refractivity contribution is -0.121. The number of halogens is 2. The summed E-state index contributed by atoms with van der Waals surface area (Å²) >= 11 is 5.09. The molecule has 0 fully saturated rings. The van der Waals surface area contributed by atoms with E-state index in [0.717, 1.165) is 11.0 Å². The van der Waals surface area contributed by atoms with Gasteiger partial charge in [0.1, 0.15) is 11.6 Å². The van der Waals surface area contributed by atoms with Gasteiger partial charge in [0, 0.05) is 12.7 Å². The summed E-state index contributed by atoms with van der Waals surface area (Å²) in [6, 6.07) is 13.4. The first-order valence-electron chi connectivity index (χ1n) is 8.23. The maximum atomic E-state index is 12.1. The smallest absolute Gasteiger partial charge is 0.387 e. The summed E-state index contributed by atoms with van der Waals surface area (Å²) in [6.07, 6.45) is 0.0699. The van der Waals surface area contributed by atoms with Crippen molar-refractivity contribution in [1.82, 2.24) is 20.4 Å². The number of benzene rings is 2. The number of rotatable bonds is 5. The molecule has 0 saturated carbocycles. The van der Waals surface area contributed by atoms with Crippen LogP contribution in [0.3, 0.4) is 0 Å². The Morgan fingerprint density at radius 3 is 2.57 bits per heavy atom. The van der Waals surface area contributed by atoms with Crippen LogP contribution >= 0.6 is 12.2 Å². The highest BCUT2D eigenvalue weighted by Gasteiger charge is 2.12. The van der Waals surface area contributed by atoms with Gasteiger partial charge in [-0.2, -0.15) is 8.78 Å². The third-order valence-corrected chi connectivity index (χ3v) is 4.06. The molecule has 2 aromatic carbocycles. The Labute approximate surface area is 164 Å². The first-order chi connectivity index (χ1) is 13.4. The number of nitrogens with zero attached hydrogens (tertiary/aromatic N) is 2. The van der Waals surface area contributed by atoms with Crippen LogP contribution in [0.2, 0.25) is 0 Å². The molecule has 1 aromatic heterocycles. The fourth-order valence-corrected chi connectivity index (χ4v) is 2.72. The van der Waals surface area contributed by atoms with Crippen LogP contribution < -0.4 is 20.9 Å². The second kappa shape index (κ2) is 8.61. The van der Waals surface area contributed by atoms with Gasteiger partial charge < -0.3 is 14.6 Å². The van der Waals surface area contributed by atoms with E-state index in [1.165, 1.54) is 24.3 Å². The van der Waals surface area contributed by atoms with E-state index in [1.54, 1.807) is 0 Å². The summed E-state index contributed by atoms with van der Waals surface area (Å²) in [5, 5.41) is 2.96. The summed E-state index contributed by atoms with van der Waals surface area (Å²) in [5.74, 6) is 0.340. The second-order valence-corrected chi connectivity index (χ2v) is 6.19. The fraction of sp³-hybridized carbons (Fsp3) is 0.167. The van der Waals surface area contributed by atoms with Crippen molar-refractivity contribution in [2.45, 2.75) is 13.0 Å². The molecule has 0 radical (unpaired) electrons. The molecule has 3 rings (SSSR count). The van der Waals surface area contributed by atoms with E-state index in [4.69, 9.17) is 12.2 Å². The van der Waals surface area contributed by atoms with Gasteiger partial charge in [0.15, 0.2) is 5.11 Å². The maximum Gasteiger partial charge on any atom is 0.387 e. The number of hydrogen-bond acceptors (Lipinski definition) is 4. The number of imidazole rings is 1. The molecular formula is C18H17F2N5O2S. The molecule has 7 nitrogen and oxygen atoms in total. The van der Waals surface area contributed by atoms with E-state index in [0.29, 0.717) is 11.5 Å². The Bertz CT molecular complexity index is 991. The van der Waals surface area contributed by atoms with Crippen LogP contribution in [0.1, 0.15) is 5.82 Å². The highest BCUT2D eigenvalue weighted by Crippen LogP contribution is 2.17. The molecule has 0 unspecified atom stereocenters. The Hall–Kier alpha value is -3.27. The number of thiocarbonyl (C=S) groups is 1. The van der Waals surface area contributed by atoms with Gasteiger partial charge in [0.05, 0.1) is 17.5 Å². The lowest BCUT2D eigenvalue weighted by Gasteiger charge is -2.12. The molecule has 1 amide bonds. The van der Waals surface area contributed by atoms with Crippen LogP contribution in [0, 0.1) is 0 Å². The molecule has 0 aliphatic heterocycles. The van der Waals surface area contributed by atoms with Gasteiger partial charge in [-0.1, -0.05) is 12.1 Å². The van der Waals surface area contributed by atoms with Crippen LogP contribution in [-0.4, -0.2) is 27.2 Å². The Kier molecular flexibility index (Phi) is 5.99. The third kappa shape index (κ3) is 4.92. The molecule has 146 valence electrons. The number of anilines is 1. The van der Waals surface area contributed by atoms with Gasteiger partial charge in [-0.05, 0) is 48.6 Å². The van der Waals surface area contributed by atoms with Crippen LogP contribution in [0.25, 0.3) is 11.0 Å². The number of hydrogen-bond donors (Lipinski definition) is 3. The number of amides is 1. The first-order valence-corrected chi connectivity index (χ1v) is 8.64. The highest BCUT2D eigenvalue weighted by molar-refractivity contribution is 7.80. The monoisotopic (exact) mass is 405 g/mol. The zero-order valence-electron chi connectivity index (χ0n) is 14.8. The number of hydrazine groups is 1. The van der Waals surface area contributed by atoms with Crippen molar-refractivity contribution in [3.63, 3.8) is 0 Å². The van der Waals surface area contributed by atoms with Gasteiger partial charge in [-0.3, -0.25) is 15.6 Å². The predicted molar refractivity (Wildman–Crippen MR) is 105 cm³/mol. The van der Waals surface area contributed by atoms with E-state index in [-0.39, 0.29) is 23.2 Å². The number of para-hydroxylation sites is 2. The average Bonchev–Trinajstić information content (AvgIpc) is 2.97. The average molecular weight is 405 g/mol. The van der Waals surface area contributed by atoms with E-state index in [2.05, 4.69) is 25.9 Å². The minimum Gasteiger partial charge on any atom is -0.435 e. The quantitative estimate of drug-likeness (QED) is 0.448. The molecule has 10 heteroatoms. The Morgan fingerprint density at radius 1 is 1.18 bits per heavy atom. The normalized spacial score (nSPS) is 10.7. The molecule has 3 aromatic rings. The molecule has 0 saturated heterocycles. The van der Waals surface area contributed by atoms with Gasteiger partial charge in [-0.15, -0.1) is 0 Å². The second-order valence-electron chi connectivity index (χ2n) is 5.78. The molecule has 0 aliphatic carbocycles. The number of carbonyl (C=O) groups excluding carboxylic acids is 1. The van der Waals surface area contributed by atoms with Crippen LogP contribution in [0.4, 0.5) is 14.5 Å². The number of aryl methyl sites for hydroxylation is 1. The first kappa shape index (κ1) is 19.5. The SMILES string of the molecule is Cn1c(CC(=O)NNC(=S)Nc2ccc(OC(F)F)cc2)nc2ccccc21. The standard InChI is InChI=1S/C18H17F2N5O2S/c1-25-14-5-3-2-4-13(14)22-15(25)10-16(26)23-24-18(28)21-11-6-8-12(9-7-11)27-17(19)20/h2-9,17H,10H2,1H3,(H,23,26)(H2,21,24,28). The Morgan fingerprint density at radius 2 is 1.89 bits per heavy atom. The number of carbonyl (C=O) groups is 1. The Balaban J connectivity index is 1.49.